The molecule has 0 radical (unpaired) electrons. The van der Waals surface area contributed by atoms with Gasteiger partial charge in [0.05, 0.1) is 5.69 Å². The summed E-state index contributed by atoms with van der Waals surface area (Å²) >= 11 is 0. The molecule has 0 saturated carbocycles. The predicted octanol–water partition coefficient (Wildman–Crippen LogP) is 2.33. The summed E-state index contributed by atoms with van der Waals surface area (Å²) in [5, 5.41) is 2.90. The first kappa shape index (κ1) is 13.0. The minimum atomic E-state index is -4.41. The van der Waals surface area contributed by atoms with E-state index in [-0.39, 0.29) is 37.4 Å². The molecule has 1 aliphatic rings. The lowest BCUT2D eigenvalue weighted by atomic mass is 9.91. The summed E-state index contributed by atoms with van der Waals surface area (Å²) in [5.74, 6) is 0.0942. The van der Waals surface area contributed by atoms with Gasteiger partial charge in [-0.25, -0.2) is 0 Å². The van der Waals surface area contributed by atoms with Gasteiger partial charge in [0.15, 0.2) is 0 Å². The molecule has 0 unspecified atom stereocenters. The van der Waals surface area contributed by atoms with Crippen molar-refractivity contribution in [3.63, 3.8) is 0 Å². The molecule has 0 amide bonds. The van der Waals surface area contributed by atoms with E-state index in [4.69, 9.17) is 10.5 Å². The number of benzene rings is 1. The molecule has 100 valence electrons. The minimum Gasteiger partial charge on any atom is -0.476 e. The standard InChI is InChI=1S/C12H15F3N2O/c13-12(14,15)11(5-7-17-8-6-11)18-10-4-2-1-3-9(10)16/h1-4,17H,5-8,16H2. The molecule has 1 saturated heterocycles. The lowest BCUT2D eigenvalue weighted by Crippen LogP contribution is -2.56. The van der Waals surface area contributed by atoms with Crippen molar-refractivity contribution in [2.45, 2.75) is 24.6 Å². The number of rotatable bonds is 2. The van der Waals surface area contributed by atoms with Crippen molar-refractivity contribution < 1.29 is 17.9 Å². The topological polar surface area (TPSA) is 47.3 Å². The number of hydrogen-bond donors (Lipinski definition) is 2. The molecule has 3 nitrogen and oxygen atoms in total. The van der Waals surface area contributed by atoms with Crippen LogP contribution in [0.1, 0.15) is 12.8 Å². The summed E-state index contributed by atoms with van der Waals surface area (Å²) in [4.78, 5) is 0. The summed E-state index contributed by atoms with van der Waals surface area (Å²) in [6.45, 7) is 0.568. The highest BCUT2D eigenvalue weighted by atomic mass is 19.4. The van der Waals surface area contributed by atoms with Crippen LogP contribution < -0.4 is 15.8 Å². The fourth-order valence-corrected chi connectivity index (χ4v) is 2.06. The smallest absolute Gasteiger partial charge is 0.428 e. The number of nitrogen functional groups attached to an aromatic ring is 1. The van der Waals surface area contributed by atoms with Gasteiger partial charge in [-0.15, -0.1) is 0 Å². The van der Waals surface area contributed by atoms with Gasteiger partial charge in [0.2, 0.25) is 5.60 Å². The molecule has 0 spiro atoms. The first-order valence-electron chi connectivity index (χ1n) is 5.76. The summed E-state index contributed by atoms with van der Waals surface area (Å²) in [6, 6.07) is 6.26. The summed E-state index contributed by atoms with van der Waals surface area (Å²) in [7, 11) is 0. The Morgan fingerprint density at radius 1 is 1.17 bits per heavy atom. The molecule has 1 heterocycles. The average molecular weight is 260 g/mol. The predicted molar refractivity (Wildman–Crippen MR) is 62.4 cm³/mol. The van der Waals surface area contributed by atoms with E-state index < -0.39 is 11.8 Å². The molecule has 0 aliphatic carbocycles. The van der Waals surface area contributed by atoms with Crippen LogP contribution >= 0.6 is 0 Å². The van der Waals surface area contributed by atoms with E-state index in [0.29, 0.717) is 0 Å². The number of para-hydroxylation sites is 2. The SMILES string of the molecule is Nc1ccccc1OC1(C(F)(F)F)CCNCC1. The van der Waals surface area contributed by atoms with E-state index in [1.807, 2.05) is 0 Å². The van der Waals surface area contributed by atoms with E-state index >= 15 is 0 Å². The molecule has 6 heteroatoms. The van der Waals surface area contributed by atoms with E-state index in [1.54, 1.807) is 12.1 Å². The van der Waals surface area contributed by atoms with Gasteiger partial charge >= 0.3 is 6.18 Å². The number of piperidine rings is 1. The zero-order chi connectivity index (χ0) is 13.2. The highest BCUT2D eigenvalue weighted by Gasteiger charge is 2.57. The zero-order valence-corrected chi connectivity index (χ0v) is 9.76. The highest BCUT2D eigenvalue weighted by Crippen LogP contribution is 2.41. The first-order valence-corrected chi connectivity index (χ1v) is 5.76. The van der Waals surface area contributed by atoms with Crippen LogP contribution in [0.15, 0.2) is 24.3 Å². The Morgan fingerprint density at radius 2 is 1.78 bits per heavy atom. The van der Waals surface area contributed by atoms with Crippen LogP contribution in [0, 0.1) is 0 Å². The number of hydrogen-bond acceptors (Lipinski definition) is 3. The van der Waals surface area contributed by atoms with Crippen LogP contribution in [0.2, 0.25) is 0 Å². The Hall–Kier alpha value is -1.43. The molecular weight excluding hydrogens is 245 g/mol. The van der Waals surface area contributed by atoms with Crippen molar-refractivity contribution in [3.8, 4) is 5.75 Å². The maximum Gasteiger partial charge on any atom is 0.428 e. The van der Waals surface area contributed by atoms with Crippen molar-refractivity contribution in [2.24, 2.45) is 0 Å². The molecule has 1 aromatic rings. The second-order valence-electron chi connectivity index (χ2n) is 4.38. The van der Waals surface area contributed by atoms with Crippen LogP contribution in [0.25, 0.3) is 0 Å². The summed E-state index contributed by atoms with van der Waals surface area (Å²) in [5.41, 5.74) is 3.72. The van der Waals surface area contributed by atoms with Gasteiger partial charge in [0.1, 0.15) is 5.75 Å². The van der Waals surface area contributed by atoms with Gasteiger partial charge in [-0.1, -0.05) is 12.1 Å². The monoisotopic (exact) mass is 260 g/mol. The Balaban J connectivity index is 2.29. The molecule has 18 heavy (non-hydrogen) atoms. The zero-order valence-electron chi connectivity index (χ0n) is 9.76. The number of ether oxygens (including phenoxy) is 1. The molecular formula is C12H15F3N2O. The Bertz CT molecular complexity index is 414. The second-order valence-corrected chi connectivity index (χ2v) is 4.38. The van der Waals surface area contributed by atoms with Gasteiger partial charge in [-0.2, -0.15) is 13.2 Å². The van der Waals surface area contributed by atoms with E-state index in [1.165, 1.54) is 12.1 Å². The first-order chi connectivity index (χ1) is 8.45. The summed E-state index contributed by atoms with van der Waals surface area (Å²) < 4.78 is 44.9. The fraction of sp³-hybridized carbons (Fsp3) is 0.500. The third kappa shape index (κ3) is 2.38. The molecule has 1 fully saturated rings. The minimum absolute atomic E-state index is 0.0942. The average Bonchev–Trinajstić information content (AvgIpc) is 2.32. The van der Waals surface area contributed by atoms with Crippen LogP contribution in [0.5, 0.6) is 5.75 Å². The largest absolute Gasteiger partial charge is 0.476 e. The van der Waals surface area contributed by atoms with Crippen molar-refractivity contribution >= 4 is 5.69 Å². The van der Waals surface area contributed by atoms with E-state index in [2.05, 4.69) is 5.32 Å². The van der Waals surface area contributed by atoms with Gasteiger partial charge in [-0.3, -0.25) is 0 Å². The van der Waals surface area contributed by atoms with Crippen molar-refractivity contribution in [1.82, 2.24) is 5.32 Å². The second kappa shape index (κ2) is 4.68. The van der Waals surface area contributed by atoms with E-state index in [9.17, 15) is 13.2 Å². The lowest BCUT2D eigenvalue weighted by Gasteiger charge is -2.39. The van der Waals surface area contributed by atoms with Gasteiger partial charge in [-0.05, 0) is 25.2 Å². The van der Waals surface area contributed by atoms with Crippen molar-refractivity contribution in [3.05, 3.63) is 24.3 Å². The number of nitrogens with two attached hydrogens (primary N) is 1. The quantitative estimate of drug-likeness (QED) is 0.802. The van der Waals surface area contributed by atoms with Gasteiger partial charge < -0.3 is 15.8 Å². The maximum atomic E-state index is 13.2. The molecule has 0 bridgehead atoms. The Morgan fingerprint density at radius 3 is 2.33 bits per heavy atom. The molecule has 3 N–H and O–H groups in total. The van der Waals surface area contributed by atoms with Crippen LogP contribution in [0.4, 0.5) is 18.9 Å². The number of halogens is 3. The number of anilines is 1. The number of alkyl halides is 3. The Kier molecular flexibility index (Phi) is 3.38. The summed E-state index contributed by atoms with van der Waals surface area (Å²) in [6.07, 6.45) is -4.62. The fourth-order valence-electron chi connectivity index (χ4n) is 2.06. The molecule has 0 atom stereocenters. The number of nitrogens with one attached hydrogen (secondary N) is 1. The lowest BCUT2D eigenvalue weighted by molar-refractivity contribution is -0.256. The Labute approximate surface area is 103 Å². The third-order valence-electron chi connectivity index (χ3n) is 3.15. The maximum absolute atomic E-state index is 13.2. The third-order valence-corrected chi connectivity index (χ3v) is 3.15. The molecule has 1 aliphatic heterocycles. The molecule has 0 aromatic heterocycles. The van der Waals surface area contributed by atoms with Gasteiger partial charge in [0, 0.05) is 12.8 Å². The normalized spacial score (nSPS) is 19.5. The molecule has 2 rings (SSSR count). The van der Waals surface area contributed by atoms with Crippen LogP contribution in [-0.2, 0) is 0 Å². The van der Waals surface area contributed by atoms with Gasteiger partial charge in [0.25, 0.3) is 0 Å². The highest BCUT2D eigenvalue weighted by molar-refractivity contribution is 5.52. The van der Waals surface area contributed by atoms with Crippen molar-refractivity contribution in [2.75, 3.05) is 18.8 Å². The van der Waals surface area contributed by atoms with E-state index in [0.717, 1.165) is 0 Å². The van der Waals surface area contributed by atoms with Crippen LogP contribution in [-0.4, -0.2) is 24.9 Å². The van der Waals surface area contributed by atoms with Crippen LogP contribution in [0.3, 0.4) is 0 Å². The van der Waals surface area contributed by atoms with Crippen molar-refractivity contribution in [1.29, 1.82) is 0 Å². The molecule has 1 aromatic carbocycles.